The van der Waals surface area contributed by atoms with Crippen LogP contribution in [-0.2, 0) is 4.79 Å². The van der Waals surface area contributed by atoms with E-state index in [2.05, 4.69) is 5.32 Å². The van der Waals surface area contributed by atoms with Crippen LogP contribution in [0.15, 0.2) is 54.6 Å². The van der Waals surface area contributed by atoms with Gasteiger partial charge in [-0.3, -0.25) is 4.79 Å². The molecule has 0 aromatic heterocycles. The predicted molar refractivity (Wildman–Crippen MR) is 98.0 cm³/mol. The molecule has 0 spiro atoms. The first-order valence-electron chi connectivity index (χ1n) is 7.48. The molecule has 2 aromatic carbocycles. The monoisotopic (exact) mass is 352 g/mol. The number of carbonyl (C=O) groups excluding carboxylic acids is 1. The lowest BCUT2D eigenvalue weighted by molar-refractivity contribution is -0.123. The van der Waals surface area contributed by atoms with E-state index in [1.807, 2.05) is 61.5 Å². The van der Waals surface area contributed by atoms with Gasteiger partial charge in [-0.1, -0.05) is 67.4 Å². The lowest BCUT2D eigenvalue weighted by atomic mass is 9.98. The summed E-state index contributed by atoms with van der Waals surface area (Å²) in [5.74, 6) is -0.143. The number of rotatable bonds is 6. The Balaban J connectivity index is 0.00000264. The molecule has 0 saturated carbocycles. The van der Waals surface area contributed by atoms with E-state index < -0.39 is 6.04 Å². The van der Waals surface area contributed by atoms with E-state index in [1.165, 1.54) is 0 Å². The van der Waals surface area contributed by atoms with Crippen LogP contribution in [0.25, 0.3) is 0 Å². The van der Waals surface area contributed by atoms with Crippen LogP contribution in [0.4, 0.5) is 0 Å². The quantitative estimate of drug-likeness (QED) is 0.822. The second-order valence-corrected chi connectivity index (χ2v) is 5.74. The van der Waals surface area contributed by atoms with Crippen molar-refractivity contribution in [2.45, 2.75) is 31.8 Å². The summed E-state index contributed by atoms with van der Waals surface area (Å²) in [4.78, 5) is 12.3. The normalized spacial score (nSPS) is 12.8. The number of nitrogens with two attached hydrogens (primary N) is 1. The Morgan fingerprint density at radius 2 is 1.78 bits per heavy atom. The second-order valence-electron chi connectivity index (χ2n) is 5.30. The fourth-order valence-corrected chi connectivity index (χ4v) is 2.58. The van der Waals surface area contributed by atoms with Gasteiger partial charge >= 0.3 is 0 Å². The highest BCUT2D eigenvalue weighted by Crippen LogP contribution is 2.24. The minimum Gasteiger partial charge on any atom is -0.344 e. The van der Waals surface area contributed by atoms with Gasteiger partial charge in [0.05, 0.1) is 12.1 Å². The summed E-state index contributed by atoms with van der Waals surface area (Å²) in [5.41, 5.74) is 7.87. The largest absolute Gasteiger partial charge is 0.344 e. The zero-order valence-corrected chi connectivity index (χ0v) is 14.6. The second kappa shape index (κ2) is 9.56. The van der Waals surface area contributed by atoms with E-state index in [1.54, 1.807) is 0 Å². The van der Waals surface area contributed by atoms with Crippen molar-refractivity contribution in [3.63, 3.8) is 0 Å². The Hall–Kier alpha value is -1.55. The van der Waals surface area contributed by atoms with Gasteiger partial charge in [-0.05, 0) is 29.7 Å². The van der Waals surface area contributed by atoms with Crippen molar-refractivity contribution in [2.75, 3.05) is 0 Å². The Morgan fingerprint density at radius 1 is 1.13 bits per heavy atom. The van der Waals surface area contributed by atoms with Crippen molar-refractivity contribution < 1.29 is 4.79 Å². The third-order valence-electron chi connectivity index (χ3n) is 3.54. The van der Waals surface area contributed by atoms with Crippen LogP contribution in [0.5, 0.6) is 0 Å². The van der Waals surface area contributed by atoms with Gasteiger partial charge in [-0.2, -0.15) is 0 Å². The average molecular weight is 353 g/mol. The third kappa shape index (κ3) is 5.54. The molecule has 23 heavy (non-hydrogen) atoms. The zero-order chi connectivity index (χ0) is 15.9. The molecular weight excluding hydrogens is 331 g/mol. The fraction of sp³-hybridized carbons (Fsp3) is 0.278. The first-order valence-corrected chi connectivity index (χ1v) is 7.86. The molecule has 0 heterocycles. The summed E-state index contributed by atoms with van der Waals surface area (Å²) in [7, 11) is 0. The lowest BCUT2D eigenvalue weighted by Gasteiger charge is -2.22. The van der Waals surface area contributed by atoms with Crippen LogP contribution in [0, 0.1) is 0 Å². The van der Waals surface area contributed by atoms with Crippen molar-refractivity contribution in [1.82, 2.24) is 5.32 Å². The number of hydrogen-bond acceptors (Lipinski definition) is 2. The van der Waals surface area contributed by atoms with Crippen molar-refractivity contribution in [3.05, 3.63) is 70.7 Å². The molecule has 1 amide bonds. The Kier molecular flexibility index (Phi) is 8.10. The summed E-state index contributed by atoms with van der Waals surface area (Å²) < 4.78 is 0. The molecule has 124 valence electrons. The minimum absolute atomic E-state index is 0. The lowest BCUT2D eigenvalue weighted by Crippen LogP contribution is -2.42. The Morgan fingerprint density at radius 3 is 2.39 bits per heavy atom. The molecule has 0 aliphatic carbocycles. The highest BCUT2D eigenvalue weighted by atomic mass is 35.5. The topological polar surface area (TPSA) is 55.1 Å². The van der Waals surface area contributed by atoms with Gasteiger partial charge < -0.3 is 11.1 Å². The van der Waals surface area contributed by atoms with Crippen LogP contribution < -0.4 is 11.1 Å². The fourth-order valence-electron chi connectivity index (χ4n) is 2.38. The summed E-state index contributed by atoms with van der Waals surface area (Å²) in [6.45, 7) is 2.01. The van der Waals surface area contributed by atoms with Gasteiger partial charge in [0.2, 0.25) is 5.91 Å². The summed E-state index contributed by atoms with van der Waals surface area (Å²) in [6.07, 6.45) is 1.55. The SMILES string of the molecule is CCCC(N)C(=O)NC(c1ccccc1)c1cccc(Cl)c1.Cl. The average Bonchev–Trinajstić information content (AvgIpc) is 2.53. The smallest absolute Gasteiger partial charge is 0.237 e. The first-order chi connectivity index (χ1) is 10.6. The van der Waals surface area contributed by atoms with E-state index in [9.17, 15) is 4.79 Å². The number of halogens is 2. The molecule has 0 fully saturated rings. The van der Waals surface area contributed by atoms with Crippen molar-refractivity contribution in [2.24, 2.45) is 5.73 Å². The minimum atomic E-state index is -0.490. The summed E-state index contributed by atoms with van der Waals surface area (Å²) >= 11 is 6.09. The van der Waals surface area contributed by atoms with Gasteiger partial charge in [0.1, 0.15) is 0 Å². The highest BCUT2D eigenvalue weighted by molar-refractivity contribution is 6.30. The molecule has 0 saturated heterocycles. The molecule has 2 aromatic rings. The molecule has 0 bridgehead atoms. The number of benzene rings is 2. The van der Waals surface area contributed by atoms with Crippen molar-refractivity contribution in [3.8, 4) is 0 Å². The maximum Gasteiger partial charge on any atom is 0.237 e. The molecule has 2 rings (SSSR count). The van der Waals surface area contributed by atoms with Gasteiger partial charge in [0, 0.05) is 5.02 Å². The van der Waals surface area contributed by atoms with Crippen LogP contribution >= 0.6 is 24.0 Å². The van der Waals surface area contributed by atoms with Gasteiger partial charge in [-0.15, -0.1) is 12.4 Å². The van der Waals surface area contributed by atoms with Crippen molar-refractivity contribution in [1.29, 1.82) is 0 Å². The molecular formula is C18H22Cl2N2O. The van der Waals surface area contributed by atoms with Crippen LogP contribution in [0.3, 0.4) is 0 Å². The first kappa shape index (κ1) is 19.5. The van der Waals surface area contributed by atoms with E-state index >= 15 is 0 Å². The van der Waals surface area contributed by atoms with Crippen LogP contribution in [0.2, 0.25) is 5.02 Å². The summed E-state index contributed by atoms with van der Waals surface area (Å²) in [6, 6.07) is 16.6. The highest BCUT2D eigenvalue weighted by Gasteiger charge is 2.20. The molecule has 5 heteroatoms. The van der Waals surface area contributed by atoms with E-state index in [0.717, 1.165) is 17.5 Å². The maximum atomic E-state index is 12.3. The third-order valence-corrected chi connectivity index (χ3v) is 3.77. The number of nitrogens with one attached hydrogen (secondary N) is 1. The molecule has 2 atom stereocenters. The molecule has 2 unspecified atom stereocenters. The van der Waals surface area contributed by atoms with Gasteiger partial charge in [0.15, 0.2) is 0 Å². The van der Waals surface area contributed by atoms with Crippen LogP contribution in [0.1, 0.15) is 36.9 Å². The van der Waals surface area contributed by atoms with Crippen molar-refractivity contribution >= 4 is 29.9 Å². The Labute approximate surface area is 148 Å². The molecule has 0 radical (unpaired) electrons. The molecule has 0 aliphatic heterocycles. The number of hydrogen-bond donors (Lipinski definition) is 2. The van der Waals surface area contributed by atoms with E-state index in [0.29, 0.717) is 11.4 Å². The summed E-state index contributed by atoms with van der Waals surface area (Å²) in [5, 5.41) is 3.68. The number of amides is 1. The van der Waals surface area contributed by atoms with E-state index in [-0.39, 0.29) is 24.4 Å². The standard InChI is InChI=1S/C18H21ClN2O.ClH/c1-2-7-16(20)18(22)21-17(13-8-4-3-5-9-13)14-10-6-11-15(19)12-14;/h3-6,8-12,16-17H,2,7,20H2,1H3,(H,21,22);1H. The van der Waals surface area contributed by atoms with Crippen LogP contribution in [-0.4, -0.2) is 11.9 Å². The maximum absolute atomic E-state index is 12.3. The van der Waals surface area contributed by atoms with E-state index in [4.69, 9.17) is 17.3 Å². The molecule has 0 aliphatic rings. The molecule has 3 N–H and O–H groups in total. The molecule has 3 nitrogen and oxygen atoms in total. The van der Waals surface area contributed by atoms with Gasteiger partial charge in [-0.25, -0.2) is 0 Å². The number of carbonyl (C=O) groups is 1. The van der Waals surface area contributed by atoms with Gasteiger partial charge in [0.25, 0.3) is 0 Å². The zero-order valence-electron chi connectivity index (χ0n) is 13.0. The Bertz CT molecular complexity index is 619. The predicted octanol–water partition coefficient (Wildman–Crippen LogP) is 4.09.